The van der Waals surface area contributed by atoms with Crippen molar-refractivity contribution in [3.63, 3.8) is 0 Å². The Morgan fingerprint density at radius 1 is 1.00 bits per heavy atom. The monoisotopic (exact) mass is 398 g/mol. The van der Waals surface area contributed by atoms with E-state index in [0.29, 0.717) is 44.9 Å². The third kappa shape index (κ3) is 3.89. The van der Waals surface area contributed by atoms with E-state index in [1.807, 2.05) is 6.92 Å². The van der Waals surface area contributed by atoms with Gasteiger partial charge in [-0.25, -0.2) is 9.59 Å². The molecule has 0 bridgehead atoms. The SMILES string of the molecule is COC(=O)[C@H](C)Oc1ccc2oc(=O)c(-c3cc(OC)ccc3OC)c(C)c2c1. The number of esters is 1. The molecule has 0 fully saturated rings. The van der Waals surface area contributed by atoms with Crippen molar-refractivity contribution in [2.75, 3.05) is 21.3 Å². The fraction of sp³-hybridized carbons (Fsp3) is 0.273. The Bertz CT molecular complexity index is 1110. The molecule has 0 aliphatic carbocycles. The summed E-state index contributed by atoms with van der Waals surface area (Å²) < 4.78 is 26.6. The average Bonchev–Trinajstić information content (AvgIpc) is 2.73. The van der Waals surface area contributed by atoms with Crippen LogP contribution in [0, 0.1) is 6.92 Å². The number of benzene rings is 2. The van der Waals surface area contributed by atoms with Crippen LogP contribution in [0.5, 0.6) is 17.2 Å². The zero-order valence-corrected chi connectivity index (χ0v) is 16.9. The second-order valence-electron chi connectivity index (χ2n) is 6.40. The predicted molar refractivity (Wildman–Crippen MR) is 108 cm³/mol. The Hall–Kier alpha value is -3.48. The smallest absolute Gasteiger partial charge is 0.346 e. The van der Waals surface area contributed by atoms with Crippen molar-refractivity contribution in [2.45, 2.75) is 20.0 Å². The van der Waals surface area contributed by atoms with Gasteiger partial charge in [-0.05, 0) is 55.8 Å². The fourth-order valence-corrected chi connectivity index (χ4v) is 3.14. The minimum absolute atomic E-state index is 0.367. The van der Waals surface area contributed by atoms with E-state index < -0.39 is 17.7 Å². The number of rotatable bonds is 6. The highest BCUT2D eigenvalue weighted by molar-refractivity contribution is 5.89. The molecule has 0 unspecified atom stereocenters. The van der Waals surface area contributed by atoms with Crippen molar-refractivity contribution in [1.82, 2.24) is 0 Å². The summed E-state index contributed by atoms with van der Waals surface area (Å²) in [5.74, 6) is 1.08. The lowest BCUT2D eigenvalue weighted by Gasteiger charge is -2.15. The van der Waals surface area contributed by atoms with Crippen LogP contribution >= 0.6 is 0 Å². The Morgan fingerprint density at radius 3 is 2.38 bits per heavy atom. The van der Waals surface area contributed by atoms with Crippen LogP contribution in [0.2, 0.25) is 0 Å². The first-order chi connectivity index (χ1) is 13.9. The van der Waals surface area contributed by atoms with Gasteiger partial charge in [0.25, 0.3) is 0 Å². The van der Waals surface area contributed by atoms with Crippen LogP contribution in [0.3, 0.4) is 0 Å². The highest BCUT2D eigenvalue weighted by atomic mass is 16.6. The van der Waals surface area contributed by atoms with Gasteiger partial charge in [-0.1, -0.05) is 0 Å². The third-order valence-corrected chi connectivity index (χ3v) is 4.66. The van der Waals surface area contributed by atoms with Gasteiger partial charge in [0.15, 0.2) is 6.10 Å². The van der Waals surface area contributed by atoms with Gasteiger partial charge in [0.2, 0.25) is 0 Å². The van der Waals surface area contributed by atoms with Gasteiger partial charge in [0.1, 0.15) is 22.8 Å². The summed E-state index contributed by atoms with van der Waals surface area (Å²) in [4.78, 5) is 24.4. The van der Waals surface area contributed by atoms with E-state index in [4.69, 9.17) is 18.6 Å². The predicted octanol–water partition coefficient (Wildman–Crippen LogP) is 3.73. The van der Waals surface area contributed by atoms with E-state index in [2.05, 4.69) is 4.74 Å². The molecule has 7 nitrogen and oxygen atoms in total. The lowest BCUT2D eigenvalue weighted by Crippen LogP contribution is -2.24. The summed E-state index contributed by atoms with van der Waals surface area (Å²) in [5, 5.41) is 0.680. The average molecular weight is 398 g/mol. The molecule has 7 heteroatoms. The summed E-state index contributed by atoms with van der Waals surface area (Å²) in [5.41, 5.74) is 1.55. The molecule has 1 aromatic heterocycles. The molecule has 3 aromatic rings. The van der Waals surface area contributed by atoms with E-state index >= 15 is 0 Å². The summed E-state index contributed by atoms with van der Waals surface area (Å²) >= 11 is 0. The van der Waals surface area contributed by atoms with Gasteiger partial charge in [0.05, 0.1) is 26.9 Å². The van der Waals surface area contributed by atoms with Gasteiger partial charge in [-0.15, -0.1) is 0 Å². The molecule has 0 aliphatic heterocycles. The highest BCUT2D eigenvalue weighted by Crippen LogP contribution is 2.36. The van der Waals surface area contributed by atoms with E-state index in [1.165, 1.54) is 14.2 Å². The van der Waals surface area contributed by atoms with Crippen molar-refractivity contribution < 1.29 is 28.2 Å². The summed E-state index contributed by atoms with van der Waals surface area (Å²) in [7, 11) is 4.38. The first-order valence-electron chi connectivity index (χ1n) is 8.94. The molecule has 2 aromatic carbocycles. The molecule has 0 amide bonds. The Balaban J connectivity index is 2.17. The van der Waals surface area contributed by atoms with Crippen molar-refractivity contribution in [1.29, 1.82) is 0 Å². The quantitative estimate of drug-likeness (QED) is 0.462. The second kappa shape index (κ2) is 8.26. The maximum absolute atomic E-state index is 12.8. The lowest BCUT2D eigenvalue weighted by atomic mass is 9.98. The molecule has 1 heterocycles. The van der Waals surface area contributed by atoms with Crippen molar-refractivity contribution in [3.8, 4) is 28.4 Å². The molecule has 29 heavy (non-hydrogen) atoms. The number of ether oxygens (including phenoxy) is 4. The van der Waals surface area contributed by atoms with Gasteiger partial charge in [0, 0.05) is 10.9 Å². The van der Waals surface area contributed by atoms with Crippen LogP contribution in [-0.2, 0) is 9.53 Å². The first-order valence-corrected chi connectivity index (χ1v) is 8.94. The van der Waals surface area contributed by atoms with Gasteiger partial charge >= 0.3 is 11.6 Å². The zero-order chi connectivity index (χ0) is 21.1. The summed E-state index contributed by atoms with van der Waals surface area (Å²) in [6.07, 6.45) is -0.772. The summed E-state index contributed by atoms with van der Waals surface area (Å²) in [6, 6.07) is 10.2. The van der Waals surface area contributed by atoms with Crippen LogP contribution in [0.1, 0.15) is 12.5 Å². The van der Waals surface area contributed by atoms with Crippen LogP contribution in [-0.4, -0.2) is 33.4 Å². The van der Waals surface area contributed by atoms with Crippen molar-refractivity contribution in [2.24, 2.45) is 0 Å². The van der Waals surface area contributed by atoms with E-state index in [9.17, 15) is 9.59 Å². The van der Waals surface area contributed by atoms with Crippen LogP contribution in [0.15, 0.2) is 45.6 Å². The van der Waals surface area contributed by atoms with Gasteiger partial charge in [-0.2, -0.15) is 0 Å². The molecule has 0 N–H and O–H groups in total. The van der Waals surface area contributed by atoms with Gasteiger partial charge < -0.3 is 23.4 Å². The number of hydrogen-bond donors (Lipinski definition) is 0. The molecule has 1 atom stereocenters. The number of fused-ring (bicyclic) bond motifs is 1. The Labute approximate surface area is 167 Å². The molecule has 0 spiro atoms. The topological polar surface area (TPSA) is 84.2 Å². The second-order valence-corrected chi connectivity index (χ2v) is 6.40. The Kier molecular flexibility index (Phi) is 5.77. The molecule has 152 valence electrons. The number of methoxy groups -OCH3 is 3. The first kappa shape index (κ1) is 20.3. The molecular weight excluding hydrogens is 376 g/mol. The standard InChI is InChI=1S/C22H22O7/c1-12-16-11-15(28-13(2)21(23)27-5)7-9-19(16)29-22(24)20(12)17-10-14(25-3)6-8-18(17)26-4/h6-11,13H,1-5H3/t13-/m0/s1. The minimum Gasteiger partial charge on any atom is -0.497 e. The molecule has 3 rings (SSSR count). The lowest BCUT2D eigenvalue weighted by molar-refractivity contribution is -0.147. The molecule has 0 saturated heterocycles. The van der Waals surface area contributed by atoms with Crippen molar-refractivity contribution >= 4 is 16.9 Å². The van der Waals surface area contributed by atoms with E-state index in [0.717, 1.165) is 0 Å². The molecule has 0 saturated carbocycles. The van der Waals surface area contributed by atoms with E-state index in [1.54, 1.807) is 50.4 Å². The molecule has 0 radical (unpaired) electrons. The van der Waals surface area contributed by atoms with Crippen molar-refractivity contribution in [3.05, 3.63) is 52.4 Å². The minimum atomic E-state index is -0.772. The molecular formula is C22H22O7. The maximum Gasteiger partial charge on any atom is 0.346 e. The number of carbonyl (C=O) groups excluding carboxylic acids is 1. The van der Waals surface area contributed by atoms with Crippen LogP contribution in [0.4, 0.5) is 0 Å². The maximum atomic E-state index is 12.8. The van der Waals surface area contributed by atoms with Crippen LogP contribution in [0.25, 0.3) is 22.1 Å². The normalized spacial score (nSPS) is 11.8. The number of aryl methyl sites for hydroxylation is 1. The third-order valence-electron chi connectivity index (χ3n) is 4.66. The molecule has 0 aliphatic rings. The Morgan fingerprint density at radius 2 is 1.72 bits per heavy atom. The van der Waals surface area contributed by atoms with Gasteiger partial charge in [-0.3, -0.25) is 0 Å². The van der Waals surface area contributed by atoms with E-state index in [-0.39, 0.29) is 0 Å². The number of hydrogen-bond acceptors (Lipinski definition) is 7. The summed E-state index contributed by atoms with van der Waals surface area (Å²) in [6.45, 7) is 3.42. The highest BCUT2D eigenvalue weighted by Gasteiger charge is 2.20. The zero-order valence-electron chi connectivity index (χ0n) is 16.9. The largest absolute Gasteiger partial charge is 0.497 e. The fourth-order valence-electron chi connectivity index (χ4n) is 3.14. The van der Waals surface area contributed by atoms with Crippen LogP contribution < -0.4 is 19.8 Å². The number of carbonyl (C=O) groups is 1.